The molecule has 7 heteroatoms. The maximum Gasteiger partial charge on any atom is 0.287 e. The normalized spacial score (nSPS) is 13.3. The number of fused-ring (bicyclic) bond motifs is 1. The minimum absolute atomic E-state index is 0.219. The van der Waals surface area contributed by atoms with Crippen LogP contribution in [0.15, 0.2) is 24.3 Å². The second-order valence-electron chi connectivity index (χ2n) is 7.25. The second-order valence-corrected chi connectivity index (χ2v) is 7.69. The molecule has 0 saturated carbocycles. The number of nitrogens with one attached hydrogen (secondary N) is 2. The van der Waals surface area contributed by atoms with Crippen molar-refractivity contribution in [3.63, 3.8) is 0 Å². The Morgan fingerprint density at radius 3 is 2.59 bits per heavy atom. The maximum absolute atomic E-state index is 12.7. The number of aromatic nitrogens is 2. The number of benzene rings is 1. The van der Waals surface area contributed by atoms with E-state index in [1.54, 1.807) is 12.1 Å². The highest BCUT2D eigenvalue weighted by Crippen LogP contribution is 2.21. The van der Waals surface area contributed by atoms with Crippen LogP contribution in [0.3, 0.4) is 0 Å². The minimum Gasteiger partial charge on any atom is -0.349 e. The topological polar surface area (TPSA) is 76.0 Å². The number of halogens is 1. The molecule has 2 amide bonds. The smallest absolute Gasteiger partial charge is 0.287 e. The van der Waals surface area contributed by atoms with Crippen molar-refractivity contribution in [2.45, 2.75) is 46.2 Å². The Morgan fingerprint density at radius 2 is 1.89 bits per heavy atom. The third-order valence-electron chi connectivity index (χ3n) is 4.57. The fraction of sp³-hybridized carbons (Fsp3) is 0.450. The zero-order valence-corrected chi connectivity index (χ0v) is 16.5. The SMILES string of the molecule is CC(C)CNC(=O)c1nc(C(=O)NCc2ccc(Cl)cc2)c2n1CCCC2. The number of hydrogen-bond donors (Lipinski definition) is 2. The van der Waals surface area contributed by atoms with Gasteiger partial charge in [0.15, 0.2) is 5.82 Å². The molecule has 144 valence electrons. The van der Waals surface area contributed by atoms with Gasteiger partial charge in [-0.15, -0.1) is 0 Å². The fourth-order valence-electron chi connectivity index (χ4n) is 3.14. The third kappa shape index (κ3) is 4.69. The predicted molar refractivity (Wildman–Crippen MR) is 105 cm³/mol. The molecule has 27 heavy (non-hydrogen) atoms. The van der Waals surface area contributed by atoms with Crippen LogP contribution in [0.4, 0.5) is 0 Å². The lowest BCUT2D eigenvalue weighted by atomic mass is 10.1. The molecule has 2 aromatic rings. The van der Waals surface area contributed by atoms with E-state index in [-0.39, 0.29) is 11.8 Å². The fourth-order valence-corrected chi connectivity index (χ4v) is 3.27. The Labute approximate surface area is 164 Å². The lowest BCUT2D eigenvalue weighted by Crippen LogP contribution is -2.30. The Bertz CT molecular complexity index is 827. The molecule has 0 fully saturated rings. The average molecular weight is 389 g/mol. The van der Waals surface area contributed by atoms with Crippen LogP contribution >= 0.6 is 11.6 Å². The first kappa shape index (κ1) is 19.4. The van der Waals surface area contributed by atoms with Gasteiger partial charge in [-0.1, -0.05) is 37.6 Å². The molecule has 1 aliphatic rings. The van der Waals surface area contributed by atoms with Gasteiger partial charge in [0.2, 0.25) is 0 Å². The highest BCUT2D eigenvalue weighted by Gasteiger charge is 2.27. The molecule has 2 N–H and O–H groups in total. The molecule has 0 unspecified atom stereocenters. The van der Waals surface area contributed by atoms with E-state index >= 15 is 0 Å². The molecule has 1 aromatic carbocycles. The lowest BCUT2D eigenvalue weighted by Gasteiger charge is -2.17. The number of carbonyl (C=O) groups is 2. The summed E-state index contributed by atoms with van der Waals surface area (Å²) in [7, 11) is 0. The highest BCUT2D eigenvalue weighted by atomic mass is 35.5. The molecule has 1 aromatic heterocycles. The van der Waals surface area contributed by atoms with Gasteiger partial charge in [0.1, 0.15) is 5.69 Å². The third-order valence-corrected chi connectivity index (χ3v) is 4.83. The standard InChI is InChI=1S/C20H25ClN4O2/c1-13(2)11-22-20(27)18-24-17(16-5-3-4-10-25(16)18)19(26)23-12-14-6-8-15(21)9-7-14/h6-9,13H,3-5,10-12H2,1-2H3,(H,22,27)(H,23,26). The number of carbonyl (C=O) groups excluding carboxylic acids is 2. The van der Waals surface area contributed by atoms with Crippen molar-refractivity contribution < 1.29 is 9.59 Å². The summed E-state index contributed by atoms with van der Waals surface area (Å²) in [6.45, 7) is 5.77. The van der Waals surface area contributed by atoms with Crippen molar-refractivity contribution in [3.8, 4) is 0 Å². The van der Waals surface area contributed by atoms with Gasteiger partial charge in [-0.2, -0.15) is 0 Å². The van der Waals surface area contributed by atoms with E-state index in [4.69, 9.17) is 11.6 Å². The summed E-state index contributed by atoms with van der Waals surface area (Å²) in [4.78, 5) is 29.7. The minimum atomic E-state index is -0.251. The molecule has 0 atom stereocenters. The Morgan fingerprint density at radius 1 is 1.15 bits per heavy atom. The van der Waals surface area contributed by atoms with Crippen LogP contribution in [0.25, 0.3) is 0 Å². The molecule has 6 nitrogen and oxygen atoms in total. The van der Waals surface area contributed by atoms with Crippen molar-refractivity contribution in [2.24, 2.45) is 5.92 Å². The van der Waals surface area contributed by atoms with Gasteiger partial charge in [-0.3, -0.25) is 9.59 Å². The van der Waals surface area contributed by atoms with Crippen LogP contribution in [0.2, 0.25) is 5.02 Å². The number of amides is 2. The zero-order chi connectivity index (χ0) is 19.4. The van der Waals surface area contributed by atoms with Crippen LogP contribution in [-0.2, 0) is 19.5 Å². The first-order valence-corrected chi connectivity index (χ1v) is 9.73. The van der Waals surface area contributed by atoms with Gasteiger partial charge in [-0.05, 0) is 42.9 Å². The highest BCUT2D eigenvalue weighted by molar-refractivity contribution is 6.30. The maximum atomic E-state index is 12.7. The Kier molecular flexibility index (Phi) is 6.16. The summed E-state index contributed by atoms with van der Waals surface area (Å²) in [5, 5.41) is 6.45. The average Bonchev–Trinajstić information content (AvgIpc) is 3.05. The second kappa shape index (κ2) is 8.57. The molecule has 0 aliphatic carbocycles. The first-order chi connectivity index (χ1) is 13.0. The van der Waals surface area contributed by atoms with Crippen LogP contribution in [0, 0.1) is 5.92 Å². The monoisotopic (exact) mass is 388 g/mol. The molecular formula is C20H25ClN4O2. The summed E-state index contributed by atoms with van der Waals surface area (Å²) in [6.07, 6.45) is 2.74. The van der Waals surface area contributed by atoms with Crippen molar-refractivity contribution in [2.75, 3.05) is 6.54 Å². The molecule has 0 bridgehead atoms. The van der Waals surface area contributed by atoms with E-state index in [1.807, 2.05) is 30.5 Å². The summed E-state index contributed by atoms with van der Waals surface area (Å²) >= 11 is 5.89. The molecule has 0 spiro atoms. The summed E-state index contributed by atoms with van der Waals surface area (Å²) in [5.74, 6) is 0.219. The van der Waals surface area contributed by atoms with Crippen molar-refractivity contribution in [3.05, 3.63) is 52.1 Å². The van der Waals surface area contributed by atoms with Crippen molar-refractivity contribution in [1.29, 1.82) is 0 Å². The van der Waals surface area contributed by atoms with Gasteiger partial charge in [-0.25, -0.2) is 4.98 Å². The number of imidazole rings is 1. The van der Waals surface area contributed by atoms with Crippen LogP contribution in [0.5, 0.6) is 0 Å². The van der Waals surface area contributed by atoms with E-state index in [9.17, 15) is 9.59 Å². The van der Waals surface area contributed by atoms with Gasteiger partial charge < -0.3 is 15.2 Å². The van der Waals surface area contributed by atoms with E-state index in [2.05, 4.69) is 15.6 Å². The van der Waals surface area contributed by atoms with Crippen LogP contribution < -0.4 is 10.6 Å². The van der Waals surface area contributed by atoms with Gasteiger partial charge in [0.05, 0.1) is 5.69 Å². The Hall–Kier alpha value is -2.34. The lowest BCUT2D eigenvalue weighted by molar-refractivity contribution is 0.0933. The quantitative estimate of drug-likeness (QED) is 0.797. The number of nitrogens with zero attached hydrogens (tertiary/aromatic N) is 2. The van der Waals surface area contributed by atoms with E-state index in [0.29, 0.717) is 35.5 Å². The van der Waals surface area contributed by atoms with Crippen molar-refractivity contribution in [1.82, 2.24) is 20.2 Å². The van der Waals surface area contributed by atoms with E-state index < -0.39 is 0 Å². The van der Waals surface area contributed by atoms with E-state index in [1.165, 1.54) is 0 Å². The largest absolute Gasteiger partial charge is 0.349 e. The molecular weight excluding hydrogens is 364 g/mol. The van der Waals surface area contributed by atoms with Gasteiger partial charge in [0, 0.05) is 24.7 Å². The predicted octanol–water partition coefficient (Wildman–Crippen LogP) is 3.19. The summed E-state index contributed by atoms with van der Waals surface area (Å²) in [6, 6.07) is 7.32. The van der Waals surface area contributed by atoms with E-state index in [0.717, 1.165) is 37.1 Å². The van der Waals surface area contributed by atoms with Gasteiger partial charge in [0.25, 0.3) is 11.8 Å². The number of rotatable bonds is 6. The summed E-state index contributed by atoms with van der Waals surface area (Å²) < 4.78 is 1.90. The van der Waals surface area contributed by atoms with Gasteiger partial charge >= 0.3 is 0 Å². The first-order valence-electron chi connectivity index (χ1n) is 9.36. The number of hydrogen-bond acceptors (Lipinski definition) is 3. The molecule has 1 aliphatic heterocycles. The van der Waals surface area contributed by atoms with Crippen LogP contribution in [0.1, 0.15) is 59.1 Å². The molecule has 2 heterocycles. The Balaban J connectivity index is 1.76. The molecule has 3 rings (SSSR count). The van der Waals surface area contributed by atoms with Crippen LogP contribution in [-0.4, -0.2) is 27.9 Å². The summed E-state index contributed by atoms with van der Waals surface area (Å²) in [5.41, 5.74) is 2.17. The molecule has 0 saturated heterocycles. The zero-order valence-electron chi connectivity index (χ0n) is 15.7. The molecule has 0 radical (unpaired) electrons. The van der Waals surface area contributed by atoms with Crippen molar-refractivity contribution >= 4 is 23.4 Å².